The van der Waals surface area contributed by atoms with E-state index in [4.69, 9.17) is 5.11 Å². The van der Waals surface area contributed by atoms with Crippen molar-refractivity contribution in [2.45, 2.75) is 12.8 Å². The van der Waals surface area contributed by atoms with Gasteiger partial charge in [-0.3, -0.25) is 0 Å². The lowest BCUT2D eigenvalue weighted by atomic mass is 10.1. The van der Waals surface area contributed by atoms with Crippen molar-refractivity contribution in [1.29, 1.82) is 0 Å². The molecule has 0 radical (unpaired) electrons. The number of unbranched alkanes of at least 4 members (excludes halogenated alkanes) is 1. The van der Waals surface area contributed by atoms with E-state index in [9.17, 15) is 0 Å². The smallest absolute Gasteiger partial charge is 0.0558 e. The molecule has 0 unspecified atom stereocenters. The summed E-state index contributed by atoms with van der Waals surface area (Å²) in [5, 5.41) is 10.1. The Morgan fingerprint density at radius 1 is 1.08 bits per heavy atom. The van der Waals surface area contributed by atoms with Gasteiger partial charge < -0.3 is 14.6 Å². The maximum absolute atomic E-state index is 8.89. The zero-order chi connectivity index (χ0) is 18.4. The normalized spacial score (nSPS) is 10.9. The molecule has 0 amide bonds. The summed E-state index contributed by atoms with van der Waals surface area (Å²) in [6, 6.07) is 16.8. The van der Waals surface area contributed by atoms with Crippen molar-refractivity contribution in [3.05, 3.63) is 64.8 Å². The van der Waals surface area contributed by atoms with Crippen molar-refractivity contribution < 1.29 is 5.11 Å². The van der Waals surface area contributed by atoms with E-state index in [2.05, 4.69) is 92.0 Å². The average Bonchev–Trinajstić information content (AvgIpc) is 3.05. The van der Waals surface area contributed by atoms with Crippen molar-refractivity contribution >= 4 is 26.8 Å². The van der Waals surface area contributed by atoms with Crippen molar-refractivity contribution in [3.63, 3.8) is 0 Å². The number of hydrogen-bond donors (Lipinski definition) is 1. The zero-order valence-electron chi connectivity index (χ0n) is 15.0. The molecule has 0 saturated carbocycles. The van der Waals surface area contributed by atoms with Crippen LogP contribution in [-0.4, -0.2) is 41.3 Å². The van der Waals surface area contributed by atoms with Gasteiger partial charge in [0.1, 0.15) is 0 Å². The van der Waals surface area contributed by atoms with E-state index in [1.165, 1.54) is 10.9 Å². The SMILES string of the molecule is CN(CCO)CCCC#Cc1ccc2c(ccn2-c2ccc(Br)cc2)c1. The van der Waals surface area contributed by atoms with Crippen LogP contribution in [0.5, 0.6) is 0 Å². The Bertz CT molecular complexity index is 919. The number of rotatable bonds is 6. The Hall–Kier alpha value is -2.06. The van der Waals surface area contributed by atoms with E-state index in [1.54, 1.807) is 0 Å². The fraction of sp³-hybridized carbons (Fsp3) is 0.273. The quantitative estimate of drug-likeness (QED) is 0.480. The van der Waals surface area contributed by atoms with Crippen LogP contribution in [0.1, 0.15) is 18.4 Å². The molecule has 134 valence electrons. The monoisotopic (exact) mass is 410 g/mol. The molecule has 1 N–H and O–H groups in total. The number of benzene rings is 2. The van der Waals surface area contributed by atoms with Gasteiger partial charge in [-0.05, 0) is 68.5 Å². The molecule has 3 nitrogen and oxygen atoms in total. The molecule has 4 heteroatoms. The van der Waals surface area contributed by atoms with Gasteiger partial charge in [0.15, 0.2) is 0 Å². The minimum atomic E-state index is 0.210. The lowest BCUT2D eigenvalue weighted by Gasteiger charge is -2.13. The summed E-state index contributed by atoms with van der Waals surface area (Å²) in [6.45, 7) is 1.89. The van der Waals surface area contributed by atoms with Crippen molar-refractivity contribution in [2.75, 3.05) is 26.7 Å². The maximum atomic E-state index is 8.89. The van der Waals surface area contributed by atoms with E-state index in [-0.39, 0.29) is 6.61 Å². The summed E-state index contributed by atoms with van der Waals surface area (Å²) in [5.74, 6) is 6.52. The molecule has 0 fully saturated rings. The summed E-state index contributed by atoms with van der Waals surface area (Å²) >= 11 is 3.48. The van der Waals surface area contributed by atoms with Gasteiger partial charge >= 0.3 is 0 Å². The van der Waals surface area contributed by atoms with Crippen LogP contribution in [0, 0.1) is 11.8 Å². The number of likely N-dealkylation sites (N-methyl/N-ethyl adjacent to an activating group) is 1. The molecule has 1 heterocycles. The Balaban J connectivity index is 1.67. The molecule has 0 bridgehead atoms. The van der Waals surface area contributed by atoms with Crippen molar-refractivity contribution in [2.24, 2.45) is 0 Å². The molecular formula is C22H23BrN2O. The average molecular weight is 411 g/mol. The van der Waals surface area contributed by atoms with E-state index in [0.29, 0.717) is 0 Å². The second-order valence-corrected chi connectivity index (χ2v) is 7.28. The van der Waals surface area contributed by atoms with Crippen molar-refractivity contribution in [1.82, 2.24) is 9.47 Å². The van der Waals surface area contributed by atoms with Crippen LogP contribution in [0.3, 0.4) is 0 Å². The third-order valence-corrected chi connectivity index (χ3v) is 4.88. The summed E-state index contributed by atoms with van der Waals surface area (Å²) in [5.41, 5.74) is 3.38. The minimum Gasteiger partial charge on any atom is -0.395 e. The number of aliphatic hydroxyl groups is 1. The first kappa shape index (κ1) is 18.7. The van der Waals surface area contributed by atoms with Gasteiger partial charge in [0.25, 0.3) is 0 Å². The first-order valence-electron chi connectivity index (χ1n) is 8.83. The van der Waals surface area contributed by atoms with E-state index < -0.39 is 0 Å². The lowest BCUT2D eigenvalue weighted by molar-refractivity contribution is 0.221. The van der Waals surface area contributed by atoms with E-state index in [0.717, 1.165) is 41.7 Å². The summed E-state index contributed by atoms with van der Waals surface area (Å²) in [4.78, 5) is 2.12. The highest BCUT2D eigenvalue weighted by Gasteiger charge is 2.03. The molecule has 0 atom stereocenters. The van der Waals surface area contributed by atoms with Crippen LogP contribution in [0.15, 0.2) is 59.2 Å². The highest BCUT2D eigenvalue weighted by molar-refractivity contribution is 9.10. The first-order chi connectivity index (χ1) is 12.7. The van der Waals surface area contributed by atoms with Gasteiger partial charge in [0.05, 0.1) is 12.1 Å². The van der Waals surface area contributed by atoms with Gasteiger partial charge in [0.2, 0.25) is 0 Å². The molecule has 0 saturated heterocycles. The Kier molecular flexibility index (Phi) is 6.51. The molecular weight excluding hydrogens is 388 g/mol. The van der Waals surface area contributed by atoms with E-state index >= 15 is 0 Å². The summed E-state index contributed by atoms with van der Waals surface area (Å²) < 4.78 is 3.27. The lowest BCUT2D eigenvalue weighted by Crippen LogP contribution is -2.22. The largest absolute Gasteiger partial charge is 0.395 e. The number of nitrogens with zero attached hydrogens (tertiary/aromatic N) is 2. The Labute approximate surface area is 163 Å². The third kappa shape index (κ3) is 4.76. The van der Waals surface area contributed by atoms with Gasteiger partial charge in [-0.25, -0.2) is 0 Å². The predicted octanol–water partition coefficient (Wildman–Crippen LogP) is 4.45. The topological polar surface area (TPSA) is 28.4 Å². The minimum absolute atomic E-state index is 0.210. The third-order valence-electron chi connectivity index (χ3n) is 4.35. The standard InChI is InChI=1S/C22H23BrN2O/c1-24(15-16-26)13-4-2-3-5-18-6-11-22-19(17-18)12-14-25(22)21-9-7-20(23)8-10-21/h6-12,14,17,26H,2,4,13,15-16H2,1H3. The van der Waals surface area contributed by atoms with Crippen LogP contribution in [0.4, 0.5) is 0 Å². The zero-order valence-corrected chi connectivity index (χ0v) is 16.5. The first-order valence-corrected chi connectivity index (χ1v) is 9.62. The second kappa shape index (κ2) is 9.05. The maximum Gasteiger partial charge on any atom is 0.0558 e. The van der Waals surface area contributed by atoms with Crippen molar-refractivity contribution in [3.8, 4) is 17.5 Å². The number of aromatic nitrogens is 1. The molecule has 0 aliphatic carbocycles. The summed E-state index contributed by atoms with van der Waals surface area (Å²) in [7, 11) is 2.02. The van der Waals surface area contributed by atoms with Gasteiger partial charge in [0, 0.05) is 40.3 Å². The fourth-order valence-corrected chi connectivity index (χ4v) is 3.20. The molecule has 26 heavy (non-hydrogen) atoms. The van der Waals surface area contributed by atoms with E-state index in [1.807, 2.05) is 7.05 Å². The second-order valence-electron chi connectivity index (χ2n) is 6.37. The number of aliphatic hydroxyl groups excluding tert-OH is 1. The van der Waals surface area contributed by atoms with Crippen LogP contribution in [0.2, 0.25) is 0 Å². The molecule has 0 aliphatic rings. The van der Waals surface area contributed by atoms with Crippen LogP contribution >= 0.6 is 15.9 Å². The Morgan fingerprint density at radius 2 is 1.88 bits per heavy atom. The van der Waals surface area contributed by atoms with Gasteiger partial charge in [-0.15, -0.1) is 0 Å². The molecule has 0 spiro atoms. The number of halogens is 1. The predicted molar refractivity (Wildman–Crippen MR) is 112 cm³/mol. The molecule has 3 rings (SSSR count). The number of fused-ring (bicyclic) bond motifs is 1. The van der Waals surface area contributed by atoms with Gasteiger partial charge in [-0.1, -0.05) is 27.8 Å². The molecule has 0 aliphatic heterocycles. The van der Waals surface area contributed by atoms with Crippen LogP contribution in [0.25, 0.3) is 16.6 Å². The van der Waals surface area contributed by atoms with Crippen LogP contribution < -0.4 is 0 Å². The summed E-state index contributed by atoms with van der Waals surface area (Å²) in [6.07, 6.45) is 3.99. The highest BCUT2D eigenvalue weighted by atomic mass is 79.9. The fourth-order valence-electron chi connectivity index (χ4n) is 2.93. The van der Waals surface area contributed by atoms with Gasteiger partial charge in [-0.2, -0.15) is 0 Å². The molecule has 1 aromatic heterocycles. The Morgan fingerprint density at radius 3 is 2.65 bits per heavy atom. The van der Waals surface area contributed by atoms with Crippen LogP contribution in [-0.2, 0) is 0 Å². The highest BCUT2D eigenvalue weighted by Crippen LogP contribution is 2.22. The number of hydrogen-bond acceptors (Lipinski definition) is 2. The molecule has 3 aromatic rings. The molecule has 2 aromatic carbocycles.